The van der Waals surface area contributed by atoms with Gasteiger partial charge in [0.1, 0.15) is 0 Å². The summed E-state index contributed by atoms with van der Waals surface area (Å²) < 4.78 is 132. The van der Waals surface area contributed by atoms with Crippen LogP contribution in [0.4, 0.5) is 0 Å². The molecule has 0 saturated heterocycles. The van der Waals surface area contributed by atoms with E-state index in [4.69, 9.17) is 18.2 Å². The molecule has 0 atom stereocenters. The molecular formula is C48H109Na5O16S4. The van der Waals surface area contributed by atoms with Crippen LogP contribution in [0.2, 0.25) is 0 Å². The second-order valence-electron chi connectivity index (χ2n) is 17.7. The zero-order valence-electron chi connectivity index (χ0n) is 53.4. The molecule has 426 valence electrons. The van der Waals surface area contributed by atoms with Gasteiger partial charge in [-0.2, -0.15) is 33.7 Å². The third-order valence-corrected chi connectivity index (χ3v) is 12.8. The van der Waals surface area contributed by atoms with Crippen LogP contribution in [0.1, 0.15) is 292 Å². The Morgan fingerprint density at radius 2 is 0.315 bits per heavy atom. The van der Waals surface area contributed by atoms with E-state index in [9.17, 15) is 33.7 Å². The van der Waals surface area contributed by atoms with E-state index < -0.39 is 41.6 Å². The SMILES string of the molecule is CCCCCCCCCCCCOS(=O)(=O)O.CCCCCCCCCCCCOS(=O)(=O)O.CCCCCCCCCCCCOS(=O)(=O)O.CCCCCCCCCCCCOS(=O)(=O)O.[H-].[H-].[H-].[H-].[H-].[Na+].[Na+].[Na+].[Na+].[Na+]. The summed E-state index contributed by atoms with van der Waals surface area (Å²) in [6.45, 7) is 9.24. The molecule has 4 N–H and O–H groups in total. The molecule has 0 rings (SSSR count). The van der Waals surface area contributed by atoms with Gasteiger partial charge in [0.05, 0.1) is 26.4 Å². The summed E-state index contributed by atoms with van der Waals surface area (Å²) in [6.07, 6.45) is 47.4. The molecule has 0 radical (unpaired) electrons. The van der Waals surface area contributed by atoms with Crippen LogP contribution in [0.5, 0.6) is 0 Å². The van der Waals surface area contributed by atoms with Crippen molar-refractivity contribution in [2.24, 2.45) is 0 Å². The Balaban J connectivity index is -0.0000000560. The summed E-state index contributed by atoms with van der Waals surface area (Å²) in [5.74, 6) is 0. The summed E-state index contributed by atoms with van der Waals surface area (Å²) in [7, 11) is -16.9. The van der Waals surface area contributed by atoms with E-state index in [2.05, 4.69) is 44.4 Å². The third kappa shape index (κ3) is 116. The van der Waals surface area contributed by atoms with Crippen LogP contribution in [-0.2, 0) is 58.3 Å². The molecule has 0 fully saturated rings. The third-order valence-electron chi connectivity index (χ3n) is 10.9. The minimum absolute atomic E-state index is 0. The van der Waals surface area contributed by atoms with Crippen molar-refractivity contribution >= 4 is 41.6 Å². The van der Waals surface area contributed by atoms with E-state index >= 15 is 0 Å². The van der Waals surface area contributed by atoms with Gasteiger partial charge in [-0.25, -0.2) is 16.7 Å². The Kier molecular flexibility index (Phi) is 98.6. The monoisotopic (exact) mass is 1180 g/mol. The van der Waals surface area contributed by atoms with Crippen LogP contribution in [0.25, 0.3) is 0 Å². The Morgan fingerprint density at radius 1 is 0.219 bits per heavy atom. The first kappa shape index (κ1) is 96.6. The molecule has 0 aromatic heterocycles. The fourth-order valence-electron chi connectivity index (χ4n) is 7.01. The molecule has 16 nitrogen and oxygen atoms in total. The van der Waals surface area contributed by atoms with Crippen LogP contribution < -0.4 is 148 Å². The molecule has 0 aromatic carbocycles. The van der Waals surface area contributed by atoms with Gasteiger partial charge in [0, 0.05) is 0 Å². The summed E-state index contributed by atoms with van der Waals surface area (Å²) >= 11 is 0. The van der Waals surface area contributed by atoms with Crippen molar-refractivity contribution in [3.8, 4) is 0 Å². The molecule has 25 heteroatoms. The molecule has 0 amide bonds. The van der Waals surface area contributed by atoms with E-state index in [0.717, 1.165) is 51.4 Å². The van der Waals surface area contributed by atoms with Crippen LogP contribution in [0.3, 0.4) is 0 Å². The van der Waals surface area contributed by atoms with Gasteiger partial charge in [-0.1, -0.05) is 259 Å². The number of rotatable bonds is 48. The molecular weight excluding hydrogens is 1080 g/mol. The largest absolute Gasteiger partial charge is 1.00 e. The molecule has 0 unspecified atom stereocenters. The molecule has 0 spiro atoms. The van der Waals surface area contributed by atoms with E-state index in [1.165, 1.54) is 180 Å². The van der Waals surface area contributed by atoms with Crippen LogP contribution in [-0.4, -0.2) is 78.3 Å². The topological polar surface area (TPSA) is 254 Å². The van der Waals surface area contributed by atoms with Gasteiger partial charge in [0.2, 0.25) is 0 Å². The Morgan fingerprint density at radius 3 is 0.411 bits per heavy atom. The van der Waals surface area contributed by atoms with Gasteiger partial charge in [-0.15, -0.1) is 0 Å². The average molecular weight is 1190 g/mol. The molecule has 0 aliphatic carbocycles. The first-order valence-corrected chi connectivity index (χ1v) is 32.2. The van der Waals surface area contributed by atoms with Crippen LogP contribution in [0, 0.1) is 0 Å². The van der Waals surface area contributed by atoms with Crippen molar-refractivity contribution in [3.05, 3.63) is 0 Å². The Labute approximate surface area is 568 Å². The zero-order valence-corrected chi connectivity index (χ0v) is 61.7. The molecule has 0 aliphatic rings. The maximum Gasteiger partial charge on any atom is 1.00 e. The van der Waals surface area contributed by atoms with E-state index in [1.54, 1.807) is 0 Å². The van der Waals surface area contributed by atoms with E-state index in [0.29, 0.717) is 25.7 Å². The first-order chi connectivity index (χ1) is 32.2. The smallest absolute Gasteiger partial charge is 1.00 e. The molecule has 0 aromatic rings. The molecule has 0 bridgehead atoms. The van der Waals surface area contributed by atoms with Gasteiger partial charge >= 0.3 is 189 Å². The fraction of sp³-hybridized carbons (Fsp3) is 1.00. The van der Waals surface area contributed by atoms with Crippen molar-refractivity contribution in [2.75, 3.05) is 26.4 Å². The van der Waals surface area contributed by atoms with Gasteiger partial charge < -0.3 is 7.13 Å². The number of hydrogen-bond donors (Lipinski definition) is 4. The van der Waals surface area contributed by atoms with E-state index in [-0.39, 0.29) is 181 Å². The predicted molar refractivity (Wildman–Crippen MR) is 283 cm³/mol. The molecule has 73 heavy (non-hydrogen) atoms. The standard InChI is InChI=1S/4C12H26O4S.5Na.5H/c4*1-2-3-4-5-6-7-8-9-10-11-12-16-17(13,14)15;;;;;;;;;;/h4*2-12H2,1H3,(H,13,14,15);;;;;;;;;;/q;;;;5*+1;5*-1. The summed E-state index contributed by atoms with van der Waals surface area (Å²) in [4.78, 5) is 0. The van der Waals surface area contributed by atoms with Crippen molar-refractivity contribution in [1.82, 2.24) is 0 Å². The normalized spacial score (nSPS) is 11.1. The molecule has 0 saturated carbocycles. The van der Waals surface area contributed by atoms with Gasteiger partial charge in [-0.3, -0.25) is 18.2 Å². The minimum atomic E-state index is -4.23. The van der Waals surface area contributed by atoms with Crippen molar-refractivity contribution in [3.63, 3.8) is 0 Å². The Hall–Kier alpha value is 4.48. The van der Waals surface area contributed by atoms with Crippen LogP contribution >= 0.6 is 0 Å². The summed E-state index contributed by atoms with van der Waals surface area (Å²) in [5, 5.41) is 0. The Bertz CT molecular complexity index is 1270. The number of unbranched alkanes of at least 4 members (excludes halogenated alkanes) is 36. The predicted octanol–water partition coefficient (Wildman–Crippen LogP) is 0.489. The number of hydrogen-bond acceptors (Lipinski definition) is 12. The second kappa shape index (κ2) is 74.5. The van der Waals surface area contributed by atoms with Gasteiger partial charge in [-0.05, 0) is 25.7 Å². The second-order valence-corrected chi connectivity index (χ2v) is 22.1. The quantitative estimate of drug-likeness (QED) is 0.0368. The van der Waals surface area contributed by atoms with Gasteiger partial charge in [0.15, 0.2) is 0 Å². The molecule has 0 aliphatic heterocycles. The van der Waals surface area contributed by atoms with Crippen molar-refractivity contribution < 1.29 is 224 Å². The van der Waals surface area contributed by atoms with Crippen molar-refractivity contribution in [1.29, 1.82) is 0 Å². The van der Waals surface area contributed by atoms with Gasteiger partial charge in [0.25, 0.3) is 0 Å². The summed E-state index contributed by atoms with van der Waals surface area (Å²) in [5.41, 5.74) is 0. The minimum Gasteiger partial charge on any atom is -1.00 e. The summed E-state index contributed by atoms with van der Waals surface area (Å²) in [6, 6.07) is 0. The average Bonchev–Trinajstić information content (AvgIpc) is 3.25. The maximum atomic E-state index is 10.2. The first-order valence-electron chi connectivity index (χ1n) is 26.7. The molecule has 0 heterocycles. The maximum absolute atomic E-state index is 10.2. The van der Waals surface area contributed by atoms with Crippen LogP contribution in [0.15, 0.2) is 0 Å². The zero-order chi connectivity index (χ0) is 51.9. The van der Waals surface area contributed by atoms with Crippen molar-refractivity contribution in [2.45, 2.75) is 285 Å². The van der Waals surface area contributed by atoms with E-state index in [1.807, 2.05) is 0 Å². The fourth-order valence-corrected chi connectivity index (χ4v) is 8.33.